The molecule has 12 nitrogen and oxygen atoms in total. The van der Waals surface area contributed by atoms with Crippen LogP contribution in [0.5, 0.6) is 0 Å². The molecule has 2 saturated heterocycles. The monoisotopic (exact) mass is 458 g/mol. The van der Waals surface area contributed by atoms with Gasteiger partial charge in [0.05, 0.1) is 0 Å². The number of rotatable bonds is 8. The molecule has 2 rings (SSSR count). The maximum absolute atomic E-state index is 12.5. The van der Waals surface area contributed by atoms with Gasteiger partial charge in [-0.15, -0.1) is 0 Å². The van der Waals surface area contributed by atoms with Crippen molar-refractivity contribution >= 4 is 23.9 Å². The average molecular weight is 459 g/mol. The lowest BCUT2D eigenvalue weighted by atomic mass is 10.1. The number of hydrogen-bond acceptors (Lipinski definition) is 12. The van der Waals surface area contributed by atoms with Crippen LogP contribution in [0.25, 0.3) is 0 Å². The van der Waals surface area contributed by atoms with Crippen molar-refractivity contribution in [3.8, 4) is 0 Å². The normalized spacial score (nSPS) is 19.8. The Labute approximate surface area is 187 Å². The summed E-state index contributed by atoms with van der Waals surface area (Å²) >= 11 is 0. The highest BCUT2D eigenvalue weighted by Crippen LogP contribution is 2.13. The second kappa shape index (κ2) is 12.7. The zero-order chi connectivity index (χ0) is 23.7. The minimum Gasteiger partial charge on any atom is -0.458 e. The van der Waals surface area contributed by atoms with Gasteiger partial charge in [0.2, 0.25) is 0 Å². The van der Waals surface area contributed by atoms with Gasteiger partial charge in [0, 0.05) is 0 Å². The summed E-state index contributed by atoms with van der Waals surface area (Å²) < 4.78 is 20.9. The first-order valence-corrected chi connectivity index (χ1v) is 10.8. The number of piperidine rings is 2. The van der Waals surface area contributed by atoms with Crippen molar-refractivity contribution in [1.82, 2.24) is 20.4 Å². The summed E-state index contributed by atoms with van der Waals surface area (Å²) in [6.45, 7) is 2.87. The van der Waals surface area contributed by atoms with Crippen molar-refractivity contribution < 1.29 is 38.1 Å². The van der Waals surface area contributed by atoms with Crippen LogP contribution in [0.3, 0.4) is 0 Å². The van der Waals surface area contributed by atoms with Crippen LogP contribution in [-0.4, -0.2) is 113 Å². The molecule has 0 spiro atoms. The fraction of sp³-hybridized carbons (Fsp3) is 0.800. The van der Waals surface area contributed by atoms with Gasteiger partial charge in [-0.1, -0.05) is 0 Å². The van der Waals surface area contributed by atoms with Gasteiger partial charge in [-0.2, -0.15) is 0 Å². The van der Waals surface area contributed by atoms with Crippen molar-refractivity contribution in [3.05, 3.63) is 0 Å². The average Bonchev–Trinajstić information content (AvgIpc) is 2.76. The van der Waals surface area contributed by atoms with E-state index in [0.29, 0.717) is 25.7 Å². The molecule has 0 bridgehead atoms. The second-order valence-electron chi connectivity index (χ2n) is 8.22. The third kappa shape index (κ3) is 8.01. The van der Waals surface area contributed by atoms with Crippen LogP contribution in [0.2, 0.25) is 0 Å². The van der Waals surface area contributed by atoms with Crippen LogP contribution in [-0.2, 0) is 38.1 Å². The van der Waals surface area contributed by atoms with E-state index in [4.69, 9.17) is 18.9 Å². The van der Waals surface area contributed by atoms with E-state index in [1.807, 2.05) is 0 Å². The van der Waals surface area contributed by atoms with E-state index in [1.165, 1.54) is 38.0 Å². The van der Waals surface area contributed by atoms with E-state index in [0.717, 1.165) is 26.2 Å². The molecule has 2 N–H and O–H groups in total. The van der Waals surface area contributed by atoms with E-state index in [-0.39, 0.29) is 12.2 Å². The summed E-state index contributed by atoms with van der Waals surface area (Å²) in [5.74, 6) is -4.38. The summed E-state index contributed by atoms with van der Waals surface area (Å²) in [6, 6.07) is 0. The maximum atomic E-state index is 12.5. The first-order valence-electron chi connectivity index (χ1n) is 10.8. The van der Waals surface area contributed by atoms with Gasteiger partial charge >= 0.3 is 23.9 Å². The second-order valence-corrected chi connectivity index (χ2v) is 8.22. The number of esters is 4. The van der Waals surface area contributed by atoms with Crippen molar-refractivity contribution in [1.29, 1.82) is 0 Å². The summed E-state index contributed by atoms with van der Waals surface area (Å²) in [6.07, 6.45) is -0.859. The Morgan fingerprint density at radius 2 is 0.969 bits per heavy atom. The Morgan fingerprint density at radius 3 is 1.25 bits per heavy atom. The van der Waals surface area contributed by atoms with E-state index in [1.54, 1.807) is 0 Å². The summed E-state index contributed by atoms with van der Waals surface area (Å²) in [7, 11) is 6.02. The molecule has 32 heavy (non-hydrogen) atoms. The van der Waals surface area contributed by atoms with Gasteiger partial charge in [0.15, 0.2) is 0 Å². The van der Waals surface area contributed by atoms with Crippen molar-refractivity contribution in [2.75, 3.05) is 54.4 Å². The number of likely N-dealkylation sites (N-methyl/N-ethyl adjacent to an activating group) is 2. The highest BCUT2D eigenvalue weighted by Gasteiger charge is 2.36. The predicted octanol–water partition coefficient (Wildman–Crippen LogP) is -1.56. The van der Waals surface area contributed by atoms with Crippen LogP contribution >= 0.6 is 0 Å². The molecule has 2 aliphatic rings. The number of ether oxygens (including phenoxy) is 4. The molecule has 0 amide bonds. The molecule has 0 saturated carbocycles. The summed E-state index contributed by atoms with van der Waals surface area (Å²) in [5, 5.41) is 6.31. The smallest absolute Gasteiger partial charge is 0.419 e. The van der Waals surface area contributed by atoms with Gasteiger partial charge in [0.1, 0.15) is 12.2 Å². The quantitative estimate of drug-likeness (QED) is 0.188. The van der Waals surface area contributed by atoms with Gasteiger partial charge in [-0.25, -0.2) is 19.2 Å². The van der Waals surface area contributed by atoms with Crippen LogP contribution in [0.15, 0.2) is 0 Å². The standard InChI is InChI=1S/C20H34N4O8/c1-23(2)15(17(25)29-13-5-9-21-10-6-13)31-19(27)20(28)32-16(24(3)4)18(26)30-14-7-11-22-12-8-14/h13-16,21-22H,5-12H2,1-4H3. The molecular formula is C20H34N4O8. The third-order valence-corrected chi connectivity index (χ3v) is 5.08. The molecule has 0 aromatic heterocycles. The largest absolute Gasteiger partial charge is 0.458 e. The van der Waals surface area contributed by atoms with E-state index in [2.05, 4.69) is 10.6 Å². The minimum absolute atomic E-state index is 0.292. The molecule has 12 heteroatoms. The molecule has 0 radical (unpaired) electrons. The van der Waals surface area contributed by atoms with Crippen molar-refractivity contribution in [2.24, 2.45) is 0 Å². The molecule has 2 aliphatic heterocycles. The van der Waals surface area contributed by atoms with Crippen LogP contribution in [0.1, 0.15) is 25.7 Å². The molecular weight excluding hydrogens is 424 g/mol. The van der Waals surface area contributed by atoms with Crippen LogP contribution in [0, 0.1) is 0 Å². The van der Waals surface area contributed by atoms with Gasteiger partial charge < -0.3 is 29.6 Å². The third-order valence-electron chi connectivity index (χ3n) is 5.08. The highest BCUT2D eigenvalue weighted by atomic mass is 16.7. The lowest BCUT2D eigenvalue weighted by Gasteiger charge is -2.28. The number of nitrogens with zero attached hydrogens (tertiary/aromatic N) is 2. The summed E-state index contributed by atoms with van der Waals surface area (Å²) in [4.78, 5) is 52.2. The minimum atomic E-state index is -1.43. The molecule has 0 aromatic rings. The lowest BCUT2D eigenvalue weighted by molar-refractivity contribution is -0.197. The molecule has 2 atom stereocenters. The Balaban J connectivity index is 1.92. The van der Waals surface area contributed by atoms with E-state index in [9.17, 15) is 19.2 Å². The summed E-state index contributed by atoms with van der Waals surface area (Å²) in [5.41, 5.74) is 0. The first kappa shape index (κ1) is 26.0. The van der Waals surface area contributed by atoms with Crippen molar-refractivity contribution in [2.45, 2.75) is 50.3 Å². The fourth-order valence-corrected chi connectivity index (χ4v) is 3.30. The zero-order valence-electron chi connectivity index (χ0n) is 19.1. The molecule has 0 aliphatic carbocycles. The topological polar surface area (TPSA) is 136 Å². The molecule has 0 aromatic carbocycles. The molecule has 2 heterocycles. The Morgan fingerprint density at radius 1 is 0.656 bits per heavy atom. The Hall–Kier alpha value is -2.28. The molecule has 2 unspecified atom stereocenters. The van der Waals surface area contributed by atoms with E-state index < -0.39 is 36.3 Å². The van der Waals surface area contributed by atoms with Crippen LogP contribution in [0.4, 0.5) is 0 Å². The highest BCUT2D eigenvalue weighted by molar-refractivity contribution is 6.30. The van der Waals surface area contributed by atoms with Gasteiger partial charge in [-0.3, -0.25) is 9.80 Å². The number of carbonyl (C=O) groups excluding carboxylic acids is 4. The van der Waals surface area contributed by atoms with E-state index >= 15 is 0 Å². The fourth-order valence-electron chi connectivity index (χ4n) is 3.30. The Kier molecular flexibility index (Phi) is 10.3. The zero-order valence-corrected chi connectivity index (χ0v) is 19.1. The SMILES string of the molecule is CN(C)C(OC(=O)C(=O)OC(C(=O)OC1CCNCC1)N(C)C)C(=O)OC1CCNCC1. The van der Waals surface area contributed by atoms with Gasteiger partial charge in [-0.05, 0) is 80.1 Å². The number of carbonyl (C=O) groups is 4. The lowest BCUT2D eigenvalue weighted by Crippen LogP contribution is -2.47. The molecule has 182 valence electrons. The number of hydrogen-bond donors (Lipinski definition) is 2. The van der Waals surface area contributed by atoms with Gasteiger partial charge in [0.25, 0.3) is 12.5 Å². The maximum Gasteiger partial charge on any atom is 0.419 e. The molecule has 2 fully saturated rings. The predicted molar refractivity (Wildman–Crippen MR) is 111 cm³/mol. The first-order chi connectivity index (χ1) is 15.2. The van der Waals surface area contributed by atoms with Crippen molar-refractivity contribution in [3.63, 3.8) is 0 Å². The Bertz CT molecular complexity index is 604. The van der Waals surface area contributed by atoms with Crippen LogP contribution < -0.4 is 10.6 Å². The number of nitrogens with one attached hydrogen (secondary N) is 2.